The van der Waals surface area contributed by atoms with Crippen LogP contribution in [0.1, 0.15) is 22.4 Å². The number of rotatable bonds is 12. The van der Waals surface area contributed by atoms with Gasteiger partial charge in [0.2, 0.25) is 0 Å². The fraction of sp³-hybridized carbons (Fsp3) is 0.267. The highest BCUT2D eigenvalue weighted by atomic mass is 32.2. The lowest BCUT2D eigenvalue weighted by Gasteiger charge is -2.14. The molecule has 216 valence electrons. The van der Waals surface area contributed by atoms with Gasteiger partial charge in [0, 0.05) is 82.2 Å². The molecule has 0 saturated heterocycles. The molecule has 0 spiro atoms. The Hall–Kier alpha value is -4.00. The fourth-order valence-electron chi connectivity index (χ4n) is 5.17. The van der Waals surface area contributed by atoms with Gasteiger partial charge in [0.25, 0.3) is 0 Å². The lowest BCUT2D eigenvalue weighted by molar-refractivity contribution is 0.560. The van der Waals surface area contributed by atoms with Crippen LogP contribution in [0.15, 0.2) is 55.0 Å². The predicted octanol–water partition coefficient (Wildman–Crippen LogP) is 5.11. The van der Waals surface area contributed by atoms with Crippen molar-refractivity contribution in [2.24, 2.45) is 0 Å². The van der Waals surface area contributed by atoms with Crippen LogP contribution in [0.4, 0.5) is 21.6 Å². The van der Waals surface area contributed by atoms with Crippen molar-refractivity contribution in [1.82, 2.24) is 25.1 Å². The molecule has 1 aliphatic carbocycles. The van der Waals surface area contributed by atoms with Gasteiger partial charge in [-0.1, -0.05) is 12.1 Å². The van der Waals surface area contributed by atoms with Crippen LogP contribution in [0.2, 0.25) is 0 Å². The van der Waals surface area contributed by atoms with E-state index in [9.17, 15) is 8.60 Å². The van der Waals surface area contributed by atoms with E-state index < -0.39 is 10.8 Å². The second-order valence-electron chi connectivity index (χ2n) is 10.1. The van der Waals surface area contributed by atoms with Gasteiger partial charge in [0.05, 0.1) is 17.6 Å². The number of aromatic nitrogens is 4. The molecule has 0 bridgehead atoms. The molecule has 12 heteroatoms. The summed E-state index contributed by atoms with van der Waals surface area (Å²) >= 11 is 1.66. The van der Waals surface area contributed by atoms with Crippen LogP contribution in [0.3, 0.4) is 0 Å². The summed E-state index contributed by atoms with van der Waals surface area (Å²) in [6.45, 7) is 2.70. The predicted molar refractivity (Wildman–Crippen MR) is 169 cm³/mol. The van der Waals surface area contributed by atoms with Crippen LogP contribution in [0.5, 0.6) is 0 Å². The van der Waals surface area contributed by atoms with Crippen molar-refractivity contribution in [2.45, 2.75) is 25.9 Å². The number of nitrogens with zero attached hydrogens (tertiary/aromatic N) is 4. The second kappa shape index (κ2) is 12.5. The SMILES string of the molecule is CS(=O)CCNCCn1cc2c(n1)CCc1c-2sc2ncnc(Nc3ccc(NCc4cccc(F)c4)c(C=N)c3)c12. The van der Waals surface area contributed by atoms with Crippen molar-refractivity contribution < 1.29 is 8.60 Å². The first-order valence-corrected chi connectivity index (χ1v) is 16.3. The van der Waals surface area contributed by atoms with E-state index in [2.05, 4.69) is 32.1 Å². The summed E-state index contributed by atoms with van der Waals surface area (Å²) in [5.41, 5.74) is 6.63. The van der Waals surface area contributed by atoms with E-state index in [0.29, 0.717) is 17.9 Å². The Morgan fingerprint density at radius 3 is 2.90 bits per heavy atom. The van der Waals surface area contributed by atoms with E-state index in [1.54, 1.807) is 30.0 Å². The van der Waals surface area contributed by atoms with Gasteiger partial charge in [-0.25, -0.2) is 14.4 Å². The molecule has 1 aliphatic rings. The quantitative estimate of drug-likeness (QED) is 0.116. The zero-order valence-corrected chi connectivity index (χ0v) is 24.7. The summed E-state index contributed by atoms with van der Waals surface area (Å²) in [5, 5.41) is 23.9. The molecule has 0 saturated carbocycles. The molecule has 0 fully saturated rings. The monoisotopic (exact) mass is 602 g/mol. The maximum Gasteiger partial charge on any atom is 0.142 e. The molecule has 1 atom stereocenters. The number of hydrogen-bond donors (Lipinski definition) is 4. The van der Waals surface area contributed by atoms with Crippen LogP contribution in [0, 0.1) is 11.2 Å². The molecule has 3 aromatic heterocycles. The van der Waals surface area contributed by atoms with Gasteiger partial charge in [0.15, 0.2) is 0 Å². The second-order valence-corrected chi connectivity index (χ2v) is 12.7. The molecule has 1 unspecified atom stereocenters. The Balaban J connectivity index is 1.21. The first-order valence-electron chi connectivity index (χ1n) is 13.7. The molecule has 6 rings (SSSR count). The van der Waals surface area contributed by atoms with Gasteiger partial charge in [-0.05, 0) is 54.3 Å². The standard InChI is InChI=1S/C30H31FN8OS2/c1-42(40)12-10-33-9-11-39-17-24-26(38-39)8-6-23-27-29(35-18-36-30(27)41-28(23)24)37-22-5-7-25(20(14-22)15-32)34-16-19-3-2-4-21(31)13-19/h2-5,7,13-15,17-18,32-34H,6,8-12,16H2,1H3,(H,35,36,37). The molecule has 5 aromatic rings. The van der Waals surface area contributed by atoms with Gasteiger partial charge in [0.1, 0.15) is 22.8 Å². The van der Waals surface area contributed by atoms with Crippen LogP contribution in [-0.4, -0.2) is 55.3 Å². The average Bonchev–Trinajstić information content (AvgIpc) is 3.58. The zero-order chi connectivity index (χ0) is 29.1. The van der Waals surface area contributed by atoms with Gasteiger partial charge in [-0.15, -0.1) is 11.3 Å². The van der Waals surface area contributed by atoms with E-state index >= 15 is 0 Å². The molecular formula is C30H31FN8OS2. The van der Waals surface area contributed by atoms with E-state index in [1.165, 1.54) is 28.8 Å². The van der Waals surface area contributed by atoms with Crippen molar-refractivity contribution in [3.8, 4) is 10.4 Å². The number of anilines is 3. The third kappa shape index (κ3) is 6.10. The minimum atomic E-state index is -0.790. The summed E-state index contributed by atoms with van der Waals surface area (Å²) in [5.74, 6) is 1.12. The summed E-state index contributed by atoms with van der Waals surface area (Å²) in [6, 6.07) is 12.2. The highest BCUT2D eigenvalue weighted by molar-refractivity contribution is 7.84. The number of nitrogens with one attached hydrogen (secondary N) is 4. The van der Waals surface area contributed by atoms with Crippen molar-refractivity contribution in [2.75, 3.05) is 35.7 Å². The van der Waals surface area contributed by atoms with Crippen LogP contribution in [0.25, 0.3) is 20.7 Å². The minimum Gasteiger partial charge on any atom is -0.380 e. The molecule has 42 heavy (non-hydrogen) atoms. The molecule has 3 heterocycles. The Labute approximate surface area is 249 Å². The largest absolute Gasteiger partial charge is 0.380 e. The lowest BCUT2D eigenvalue weighted by Crippen LogP contribution is -2.24. The molecular weight excluding hydrogens is 572 g/mol. The van der Waals surface area contributed by atoms with Crippen molar-refractivity contribution in [1.29, 1.82) is 5.41 Å². The topological polar surface area (TPSA) is 121 Å². The van der Waals surface area contributed by atoms with E-state index in [0.717, 1.165) is 76.7 Å². The van der Waals surface area contributed by atoms with E-state index in [-0.39, 0.29) is 5.82 Å². The number of aryl methyl sites for hydroxylation is 2. The van der Waals surface area contributed by atoms with Crippen molar-refractivity contribution in [3.63, 3.8) is 0 Å². The highest BCUT2D eigenvalue weighted by Crippen LogP contribution is 2.45. The third-order valence-electron chi connectivity index (χ3n) is 7.21. The lowest BCUT2D eigenvalue weighted by atomic mass is 9.95. The maximum absolute atomic E-state index is 13.6. The molecule has 9 nitrogen and oxygen atoms in total. The molecule has 0 radical (unpaired) electrons. The van der Waals surface area contributed by atoms with Crippen LogP contribution in [-0.2, 0) is 36.7 Å². The van der Waals surface area contributed by atoms with Crippen molar-refractivity contribution in [3.05, 3.63) is 83.2 Å². The Morgan fingerprint density at radius 1 is 1.17 bits per heavy atom. The number of thiophene rings is 1. The molecule has 4 N–H and O–H groups in total. The van der Waals surface area contributed by atoms with E-state index in [4.69, 9.17) is 10.5 Å². The Bertz CT molecular complexity index is 1780. The number of fused-ring (bicyclic) bond motifs is 5. The van der Waals surface area contributed by atoms with E-state index in [1.807, 2.05) is 28.9 Å². The normalized spacial score (nSPS) is 13.0. The smallest absolute Gasteiger partial charge is 0.142 e. The van der Waals surface area contributed by atoms with Crippen molar-refractivity contribution >= 4 is 55.8 Å². The minimum absolute atomic E-state index is 0.270. The summed E-state index contributed by atoms with van der Waals surface area (Å²) in [4.78, 5) is 11.3. The average molecular weight is 603 g/mol. The number of halogens is 1. The maximum atomic E-state index is 13.6. The van der Waals surface area contributed by atoms with Crippen LogP contribution >= 0.6 is 11.3 Å². The first-order chi connectivity index (χ1) is 20.5. The Morgan fingerprint density at radius 2 is 2.07 bits per heavy atom. The van der Waals surface area contributed by atoms with Crippen LogP contribution < -0.4 is 16.0 Å². The molecule has 2 aromatic carbocycles. The Kier molecular flexibility index (Phi) is 8.36. The fourth-order valence-corrected chi connectivity index (χ4v) is 6.83. The number of benzene rings is 2. The van der Waals surface area contributed by atoms with Gasteiger partial charge >= 0.3 is 0 Å². The van der Waals surface area contributed by atoms with Gasteiger partial charge in [-0.2, -0.15) is 5.10 Å². The highest BCUT2D eigenvalue weighted by Gasteiger charge is 2.26. The summed E-state index contributed by atoms with van der Waals surface area (Å²) in [6.07, 6.45) is 8.43. The summed E-state index contributed by atoms with van der Waals surface area (Å²) < 4.78 is 26.8. The third-order valence-corrected chi connectivity index (χ3v) is 9.16. The first kappa shape index (κ1) is 28.1. The van der Waals surface area contributed by atoms with Gasteiger partial charge < -0.3 is 21.4 Å². The summed E-state index contributed by atoms with van der Waals surface area (Å²) in [7, 11) is -0.790. The van der Waals surface area contributed by atoms with Gasteiger partial charge in [-0.3, -0.25) is 8.89 Å². The number of hydrogen-bond acceptors (Lipinski definition) is 9. The molecule has 0 amide bonds. The zero-order valence-electron chi connectivity index (χ0n) is 23.1. The molecule has 0 aliphatic heterocycles.